The summed E-state index contributed by atoms with van der Waals surface area (Å²) < 4.78 is 45.6. The standard InChI is InChI=1S/C24H37N5O2S.C17H23N5O2S/c1-15(2)21(28-32(30)31-18-12-16(3)10-11-17(18)4)22-26-25-20-13-19(27-29(20)22)24(8,9)14-23(5,6)7;1-12-6-5-7-13(10-12)24-25(23)18-9-8-15-19-20-16-11-14(17(2,3)4)21-22(15)16/h10-13,15,21,27-28H,14H2,1-9H3;5-7,10-11,18,21H,8-9H2,1-4H3. The SMILES string of the molecule is Cc1ccc(C)c(OS(=O)NC(c2nnc3cc(C(C)(C)CC(C)(C)C)[nH]n23)C(C)C)c1.Cc1cccc(OS(=O)NCCc2nnc3cc(C(C)(C)C)[nH]n23)c1. The Kier molecular flexibility index (Phi) is 13.5. The second-order valence-corrected chi connectivity index (χ2v) is 19.8. The Bertz CT molecular complexity index is 2320. The summed E-state index contributed by atoms with van der Waals surface area (Å²) in [6, 6.07) is 17.1. The lowest BCUT2D eigenvalue weighted by molar-refractivity contribution is 0.279. The Labute approximate surface area is 341 Å². The van der Waals surface area contributed by atoms with Gasteiger partial charge in [0.2, 0.25) is 0 Å². The normalized spacial score (nSPS) is 14.1. The number of hydrogen-bond acceptors (Lipinski definition) is 8. The van der Waals surface area contributed by atoms with Gasteiger partial charge < -0.3 is 8.37 Å². The Balaban J connectivity index is 0.000000224. The van der Waals surface area contributed by atoms with E-state index in [0.717, 1.165) is 51.6 Å². The predicted molar refractivity (Wildman–Crippen MR) is 228 cm³/mol. The molecule has 0 aliphatic carbocycles. The molecule has 0 amide bonds. The molecule has 4 heterocycles. The smallest absolute Gasteiger partial charge is 0.288 e. The van der Waals surface area contributed by atoms with Crippen LogP contribution in [0.3, 0.4) is 0 Å². The molecule has 0 saturated carbocycles. The van der Waals surface area contributed by atoms with Gasteiger partial charge in [-0.05, 0) is 73.4 Å². The molecular weight excluding hydrogens is 761 g/mol. The van der Waals surface area contributed by atoms with Crippen LogP contribution in [-0.2, 0) is 39.8 Å². The predicted octanol–water partition coefficient (Wildman–Crippen LogP) is 7.79. The molecule has 57 heavy (non-hydrogen) atoms. The number of benzene rings is 2. The van der Waals surface area contributed by atoms with Crippen molar-refractivity contribution in [2.45, 2.75) is 120 Å². The van der Waals surface area contributed by atoms with Crippen LogP contribution >= 0.6 is 0 Å². The van der Waals surface area contributed by atoms with E-state index >= 15 is 0 Å². The summed E-state index contributed by atoms with van der Waals surface area (Å²) in [6.07, 6.45) is 1.60. The molecule has 3 unspecified atom stereocenters. The number of hydrogen-bond donors (Lipinski definition) is 4. The van der Waals surface area contributed by atoms with E-state index < -0.39 is 22.5 Å². The third-order valence-corrected chi connectivity index (χ3v) is 11.0. The van der Waals surface area contributed by atoms with Crippen LogP contribution in [0.5, 0.6) is 11.5 Å². The third-order valence-electron chi connectivity index (χ3n) is 9.40. The molecule has 4 N–H and O–H groups in total. The molecule has 6 rings (SSSR count). The van der Waals surface area contributed by atoms with Gasteiger partial charge in [0, 0.05) is 47.3 Å². The Morgan fingerprint density at radius 2 is 1.40 bits per heavy atom. The molecule has 0 spiro atoms. The average molecular weight is 821 g/mol. The zero-order chi connectivity index (χ0) is 41.9. The van der Waals surface area contributed by atoms with Gasteiger partial charge in [0.25, 0.3) is 22.5 Å². The van der Waals surface area contributed by atoms with E-state index in [0.29, 0.717) is 30.3 Å². The molecule has 0 fully saturated rings. The Morgan fingerprint density at radius 3 is 2.07 bits per heavy atom. The molecular formula is C41H60N10O4S2. The first-order valence-corrected chi connectivity index (χ1v) is 21.5. The molecule has 0 bridgehead atoms. The topological polar surface area (TPSA) is 169 Å². The lowest BCUT2D eigenvalue weighted by Crippen LogP contribution is -2.32. The van der Waals surface area contributed by atoms with E-state index in [4.69, 9.17) is 8.37 Å². The summed E-state index contributed by atoms with van der Waals surface area (Å²) in [5, 5.41) is 23.9. The third kappa shape index (κ3) is 11.6. The summed E-state index contributed by atoms with van der Waals surface area (Å²) in [5.74, 6) is 2.77. The van der Waals surface area contributed by atoms with Crippen molar-refractivity contribution >= 4 is 33.8 Å². The van der Waals surface area contributed by atoms with Crippen molar-refractivity contribution in [3.63, 3.8) is 0 Å². The average Bonchev–Trinajstić information content (AvgIpc) is 3.87. The number of nitrogens with zero attached hydrogens (tertiary/aromatic N) is 6. The maximum absolute atomic E-state index is 12.9. The van der Waals surface area contributed by atoms with Crippen molar-refractivity contribution < 1.29 is 16.8 Å². The van der Waals surface area contributed by atoms with Crippen LogP contribution in [0.15, 0.2) is 54.6 Å². The van der Waals surface area contributed by atoms with Crippen molar-refractivity contribution in [3.05, 3.63) is 94.3 Å². The van der Waals surface area contributed by atoms with Crippen molar-refractivity contribution in [2.24, 2.45) is 11.3 Å². The van der Waals surface area contributed by atoms with Crippen LogP contribution in [0, 0.1) is 32.1 Å². The maximum atomic E-state index is 12.9. The summed E-state index contributed by atoms with van der Waals surface area (Å²) in [7, 11) is 0. The lowest BCUT2D eigenvalue weighted by atomic mass is 9.74. The Morgan fingerprint density at radius 1 is 0.754 bits per heavy atom. The highest BCUT2D eigenvalue weighted by Crippen LogP contribution is 2.36. The van der Waals surface area contributed by atoms with Gasteiger partial charge in [-0.3, -0.25) is 10.2 Å². The second kappa shape index (κ2) is 17.6. The first kappa shape index (κ1) is 43.7. The highest BCUT2D eigenvalue weighted by Gasteiger charge is 2.31. The number of nitrogens with one attached hydrogen (secondary N) is 4. The van der Waals surface area contributed by atoms with Crippen LogP contribution < -0.4 is 17.8 Å². The molecule has 3 atom stereocenters. The molecule has 0 saturated heterocycles. The zero-order valence-electron chi connectivity index (χ0n) is 35.6. The minimum Gasteiger partial charge on any atom is -0.389 e. The van der Waals surface area contributed by atoms with E-state index in [1.807, 2.05) is 72.3 Å². The highest BCUT2D eigenvalue weighted by molar-refractivity contribution is 7.78. The van der Waals surface area contributed by atoms with E-state index in [2.05, 4.69) is 115 Å². The van der Waals surface area contributed by atoms with E-state index in [9.17, 15) is 8.42 Å². The van der Waals surface area contributed by atoms with Gasteiger partial charge in [-0.15, -0.1) is 20.4 Å². The fraction of sp³-hybridized carbons (Fsp3) is 0.512. The number of rotatable bonds is 14. The van der Waals surface area contributed by atoms with Gasteiger partial charge in [0.05, 0.1) is 6.04 Å². The van der Waals surface area contributed by atoms with Crippen LogP contribution in [0.1, 0.15) is 121 Å². The Hall–Kier alpha value is -4.38. The lowest BCUT2D eigenvalue weighted by Gasteiger charge is -2.31. The maximum Gasteiger partial charge on any atom is 0.288 e. The van der Waals surface area contributed by atoms with Gasteiger partial charge in [0.15, 0.2) is 22.9 Å². The molecule has 0 aliphatic rings. The zero-order valence-corrected chi connectivity index (χ0v) is 37.2. The number of fused-ring (bicyclic) bond motifs is 2. The summed E-state index contributed by atoms with van der Waals surface area (Å²) in [4.78, 5) is 0. The number of aryl methyl sites for hydroxylation is 3. The summed E-state index contributed by atoms with van der Waals surface area (Å²) in [6.45, 7) is 28.1. The van der Waals surface area contributed by atoms with Crippen molar-refractivity contribution in [2.75, 3.05) is 6.54 Å². The first-order chi connectivity index (χ1) is 26.6. The quantitative estimate of drug-likeness (QED) is 0.0864. The largest absolute Gasteiger partial charge is 0.389 e. The summed E-state index contributed by atoms with van der Waals surface area (Å²) >= 11 is -3.34. The molecule has 16 heteroatoms. The van der Waals surface area contributed by atoms with Crippen LogP contribution in [0.4, 0.5) is 0 Å². The minimum atomic E-state index is -1.74. The molecule has 14 nitrogen and oxygen atoms in total. The van der Waals surface area contributed by atoms with Gasteiger partial charge in [-0.2, -0.15) is 13.1 Å². The van der Waals surface area contributed by atoms with E-state index in [-0.39, 0.29) is 28.2 Å². The molecule has 0 aliphatic heterocycles. The van der Waals surface area contributed by atoms with Crippen LogP contribution in [0.25, 0.3) is 11.3 Å². The molecule has 2 aromatic carbocycles. The molecule has 310 valence electrons. The fourth-order valence-corrected chi connectivity index (χ4v) is 8.25. The molecule has 0 radical (unpaired) electrons. The van der Waals surface area contributed by atoms with Gasteiger partial charge >= 0.3 is 0 Å². The summed E-state index contributed by atoms with van der Waals surface area (Å²) in [5.41, 5.74) is 6.95. The number of aromatic amines is 2. The van der Waals surface area contributed by atoms with Gasteiger partial charge in [-0.25, -0.2) is 13.8 Å². The van der Waals surface area contributed by atoms with Crippen LogP contribution in [0.2, 0.25) is 0 Å². The van der Waals surface area contributed by atoms with E-state index in [1.54, 1.807) is 6.07 Å². The minimum absolute atomic E-state index is 0.0133. The highest BCUT2D eigenvalue weighted by atomic mass is 32.2. The van der Waals surface area contributed by atoms with Gasteiger partial charge in [0.1, 0.15) is 11.5 Å². The number of aromatic nitrogens is 8. The molecule has 4 aromatic heterocycles. The van der Waals surface area contributed by atoms with E-state index in [1.165, 1.54) is 0 Å². The monoisotopic (exact) mass is 820 g/mol. The van der Waals surface area contributed by atoms with Crippen molar-refractivity contribution in [3.8, 4) is 11.5 Å². The van der Waals surface area contributed by atoms with Crippen molar-refractivity contribution in [1.82, 2.24) is 49.1 Å². The van der Waals surface area contributed by atoms with Crippen molar-refractivity contribution in [1.29, 1.82) is 0 Å². The second-order valence-electron chi connectivity index (χ2n) is 18.0. The van der Waals surface area contributed by atoms with Gasteiger partial charge in [-0.1, -0.05) is 93.5 Å². The fourth-order valence-electron chi connectivity index (χ4n) is 6.67. The first-order valence-electron chi connectivity index (χ1n) is 19.3. The molecule has 6 aromatic rings. The van der Waals surface area contributed by atoms with Crippen LogP contribution in [-0.4, -0.2) is 54.6 Å². The number of H-pyrrole nitrogens is 2.